The number of hydrogen-bond donors (Lipinski definition) is 1. The molecule has 0 aliphatic rings. The van der Waals surface area contributed by atoms with Crippen LogP contribution < -0.4 is 5.73 Å². The van der Waals surface area contributed by atoms with Crippen LogP contribution in [-0.2, 0) is 0 Å². The highest BCUT2D eigenvalue weighted by molar-refractivity contribution is 5.31. The molecule has 1 aromatic carbocycles. The van der Waals surface area contributed by atoms with Gasteiger partial charge in [0.05, 0.1) is 0 Å². The van der Waals surface area contributed by atoms with E-state index in [1.807, 2.05) is 6.92 Å². The molecule has 0 aromatic heterocycles. The van der Waals surface area contributed by atoms with Crippen molar-refractivity contribution in [2.45, 2.75) is 39.7 Å². The van der Waals surface area contributed by atoms with Crippen molar-refractivity contribution in [2.24, 2.45) is 5.73 Å². The summed E-state index contributed by atoms with van der Waals surface area (Å²) in [5, 5.41) is 0. The molecule has 1 nitrogen and oxygen atoms in total. The fourth-order valence-electron chi connectivity index (χ4n) is 1.56. The minimum Gasteiger partial charge on any atom is -0.324 e. The second-order valence-electron chi connectivity index (χ2n) is 4.45. The molecule has 2 N–H and O–H groups in total. The Bertz CT molecular complexity index is 352. The predicted octanol–water partition coefficient (Wildman–Crippen LogP) is 3.66. The molecule has 82 valence electrons. The second kappa shape index (κ2) is 5.13. The first kappa shape index (κ1) is 12.0. The van der Waals surface area contributed by atoms with Gasteiger partial charge in [-0.25, -0.2) is 0 Å². The predicted molar refractivity (Wildman–Crippen MR) is 66.9 cm³/mol. The van der Waals surface area contributed by atoms with Crippen molar-refractivity contribution >= 4 is 0 Å². The standard InChI is InChI=1S/C14H21N/c1-10(2)5-8-14(15)13-7-6-11(3)12(4)9-13/h6-7,9,14H,1,5,8,15H2,2-4H3. The Labute approximate surface area is 93.0 Å². The van der Waals surface area contributed by atoms with Crippen LogP contribution in [0.25, 0.3) is 0 Å². The van der Waals surface area contributed by atoms with Gasteiger partial charge in [0.2, 0.25) is 0 Å². The zero-order valence-corrected chi connectivity index (χ0v) is 10.0. The maximum absolute atomic E-state index is 6.12. The normalized spacial score (nSPS) is 12.5. The molecule has 1 heteroatoms. The van der Waals surface area contributed by atoms with E-state index in [-0.39, 0.29) is 6.04 Å². The maximum atomic E-state index is 6.12. The highest BCUT2D eigenvalue weighted by Crippen LogP contribution is 2.20. The quantitative estimate of drug-likeness (QED) is 0.742. The fraction of sp³-hybridized carbons (Fsp3) is 0.429. The van der Waals surface area contributed by atoms with E-state index < -0.39 is 0 Å². The van der Waals surface area contributed by atoms with Gasteiger partial charge in [0.15, 0.2) is 0 Å². The molecule has 0 amide bonds. The zero-order chi connectivity index (χ0) is 11.4. The van der Waals surface area contributed by atoms with E-state index in [0.717, 1.165) is 12.8 Å². The van der Waals surface area contributed by atoms with Gasteiger partial charge in [0, 0.05) is 6.04 Å². The van der Waals surface area contributed by atoms with E-state index in [0.29, 0.717) is 0 Å². The zero-order valence-electron chi connectivity index (χ0n) is 10.0. The highest BCUT2D eigenvalue weighted by Gasteiger charge is 2.06. The molecule has 0 bridgehead atoms. The summed E-state index contributed by atoms with van der Waals surface area (Å²) >= 11 is 0. The van der Waals surface area contributed by atoms with Gasteiger partial charge < -0.3 is 5.73 Å². The fourth-order valence-corrected chi connectivity index (χ4v) is 1.56. The van der Waals surface area contributed by atoms with Crippen LogP contribution in [0, 0.1) is 13.8 Å². The number of nitrogens with two attached hydrogens (primary N) is 1. The molecule has 1 atom stereocenters. The van der Waals surface area contributed by atoms with Gasteiger partial charge in [-0.05, 0) is 50.3 Å². The first-order valence-electron chi connectivity index (χ1n) is 5.48. The van der Waals surface area contributed by atoms with Gasteiger partial charge in [-0.2, -0.15) is 0 Å². The van der Waals surface area contributed by atoms with Crippen molar-refractivity contribution in [1.29, 1.82) is 0 Å². The summed E-state index contributed by atoms with van der Waals surface area (Å²) in [6, 6.07) is 6.61. The van der Waals surface area contributed by atoms with Gasteiger partial charge in [-0.15, -0.1) is 6.58 Å². The van der Waals surface area contributed by atoms with Crippen molar-refractivity contribution in [3.05, 3.63) is 47.0 Å². The third-order valence-corrected chi connectivity index (χ3v) is 2.84. The first-order valence-corrected chi connectivity index (χ1v) is 5.48. The molecule has 0 heterocycles. The lowest BCUT2D eigenvalue weighted by atomic mass is 9.97. The van der Waals surface area contributed by atoms with Crippen LogP contribution in [0.2, 0.25) is 0 Å². The van der Waals surface area contributed by atoms with Crippen molar-refractivity contribution < 1.29 is 0 Å². The van der Waals surface area contributed by atoms with E-state index in [1.54, 1.807) is 0 Å². The van der Waals surface area contributed by atoms with Gasteiger partial charge in [-0.1, -0.05) is 23.8 Å². The smallest absolute Gasteiger partial charge is 0.0297 e. The Morgan fingerprint density at radius 3 is 2.53 bits per heavy atom. The van der Waals surface area contributed by atoms with Gasteiger partial charge >= 0.3 is 0 Å². The number of rotatable bonds is 4. The average Bonchev–Trinajstić information content (AvgIpc) is 2.18. The molecule has 1 aromatic rings. The lowest BCUT2D eigenvalue weighted by Crippen LogP contribution is -2.10. The van der Waals surface area contributed by atoms with Crippen LogP contribution in [0.5, 0.6) is 0 Å². The van der Waals surface area contributed by atoms with Crippen LogP contribution in [0.1, 0.15) is 42.5 Å². The van der Waals surface area contributed by atoms with Crippen molar-refractivity contribution in [1.82, 2.24) is 0 Å². The van der Waals surface area contributed by atoms with Crippen molar-refractivity contribution in [3.8, 4) is 0 Å². The van der Waals surface area contributed by atoms with Crippen LogP contribution >= 0.6 is 0 Å². The Morgan fingerprint density at radius 2 is 2.00 bits per heavy atom. The number of allylic oxidation sites excluding steroid dienone is 1. The molecule has 0 fully saturated rings. The average molecular weight is 203 g/mol. The summed E-state index contributed by atoms with van der Waals surface area (Å²) in [6.45, 7) is 10.2. The number of benzene rings is 1. The first-order chi connectivity index (χ1) is 7.00. The van der Waals surface area contributed by atoms with Gasteiger partial charge in [0.25, 0.3) is 0 Å². The molecule has 1 unspecified atom stereocenters. The lowest BCUT2D eigenvalue weighted by Gasteiger charge is -2.13. The van der Waals surface area contributed by atoms with E-state index in [4.69, 9.17) is 5.73 Å². The summed E-state index contributed by atoms with van der Waals surface area (Å²) in [7, 11) is 0. The van der Waals surface area contributed by atoms with Crippen molar-refractivity contribution in [3.63, 3.8) is 0 Å². The highest BCUT2D eigenvalue weighted by atomic mass is 14.6. The van der Waals surface area contributed by atoms with E-state index in [2.05, 4.69) is 38.6 Å². The lowest BCUT2D eigenvalue weighted by molar-refractivity contribution is 0.648. The molecule has 0 radical (unpaired) electrons. The Morgan fingerprint density at radius 1 is 1.33 bits per heavy atom. The van der Waals surface area contributed by atoms with Crippen LogP contribution in [0.15, 0.2) is 30.4 Å². The summed E-state index contributed by atoms with van der Waals surface area (Å²) in [6.07, 6.45) is 1.99. The Kier molecular flexibility index (Phi) is 4.10. The molecular weight excluding hydrogens is 182 g/mol. The Hall–Kier alpha value is -1.08. The van der Waals surface area contributed by atoms with Gasteiger partial charge in [-0.3, -0.25) is 0 Å². The summed E-state index contributed by atoms with van der Waals surface area (Å²) in [5.74, 6) is 0. The summed E-state index contributed by atoms with van der Waals surface area (Å²) in [5.41, 5.74) is 11.2. The molecule has 1 rings (SSSR count). The van der Waals surface area contributed by atoms with Crippen molar-refractivity contribution in [2.75, 3.05) is 0 Å². The summed E-state index contributed by atoms with van der Waals surface area (Å²) in [4.78, 5) is 0. The maximum Gasteiger partial charge on any atom is 0.0297 e. The molecule has 0 aliphatic carbocycles. The minimum atomic E-state index is 0.140. The molecular formula is C14H21N. The third-order valence-electron chi connectivity index (χ3n) is 2.84. The molecule has 15 heavy (non-hydrogen) atoms. The number of aryl methyl sites for hydroxylation is 2. The van der Waals surface area contributed by atoms with Crippen LogP contribution in [-0.4, -0.2) is 0 Å². The largest absolute Gasteiger partial charge is 0.324 e. The topological polar surface area (TPSA) is 26.0 Å². The Balaban J connectivity index is 2.69. The molecule has 0 aliphatic heterocycles. The van der Waals surface area contributed by atoms with E-state index in [9.17, 15) is 0 Å². The van der Waals surface area contributed by atoms with E-state index in [1.165, 1.54) is 22.3 Å². The molecule has 0 spiro atoms. The number of hydrogen-bond acceptors (Lipinski definition) is 1. The molecule has 0 saturated heterocycles. The SMILES string of the molecule is C=C(C)CCC(N)c1ccc(C)c(C)c1. The third kappa shape index (κ3) is 3.52. The molecule has 0 saturated carbocycles. The van der Waals surface area contributed by atoms with Crippen LogP contribution in [0.4, 0.5) is 0 Å². The monoisotopic (exact) mass is 203 g/mol. The van der Waals surface area contributed by atoms with Gasteiger partial charge in [0.1, 0.15) is 0 Å². The minimum absolute atomic E-state index is 0.140. The second-order valence-corrected chi connectivity index (χ2v) is 4.45. The summed E-state index contributed by atoms with van der Waals surface area (Å²) < 4.78 is 0. The van der Waals surface area contributed by atoms with E-state index >= 15 is 0 Å². The van der Waals surface area contributed by atoms with Crippen LogP contribution in [0.3, 0.4) is 0 Å².